The number of likely N-dealkylation sites (tertiary alicyclic amines) is 1. The SMILES string of the molecule is CN(C)CCO[C@@H]1CN(C(=O)c2ccc3[nH]ccc3c2)[C@H]2COC[C@@H]12. The van der Waals surface area contributed by atoms with Crippen LogP contribution >= 0.6 is 0 Å². The van der Waals surface area contributed by atoms with Crippen LogP contribution in [-0.2, 0) is 9.47 Å². The molecule has 1 aromatic carbocycles. The molecule has 0 aliphatic carbocycles. The highest BCUT2D eigenvalue weighted by Gasteiger charge is 2.48. The van der Waals surface area contributed by atoms with E-state index in [4.69, 9.17) is 9.47 Å². The van der Waals surface area contributed by atoms with E-state index in [1.807, 2.05) is 49.5 Å². The van der Waals surface area contributed by atoms with Crippen molar-refractivity contribution in [2.24, 2.45) is 5.92 Å². The van der Waals surface area contributed by atoms with E-state index in [9.17, 15) is 4.79 Å². The molecule has 0 saturated carbocycles. The van der Waals surface area contributed by atoms with Crippen molar-refractivity contribution in [2.45, 2.75) is 12.1 Å². The second-order valence-corrected chi connectivity index (χ2v) is 7.22. The van der Waals surface area contributed by atoms with Crippen LogP contribution in [0.2, 0.25) is 0 Å². The van der Waals surface area contributed by atoms with E-state index in [1.165, 1.54) is 0 Å². The summed E-state index contributed by atoms with van der Waals surface area (Å²) in [7, 11) is 4.07. The highest BCUT2D eigenvalue weighted by atomic mass is 16.5. The van der Waals surface area contributed by atoms with Crippen LogP contribution in [0, 0.1) is 5.92 Å². The number of benzene rings is 1. The van der Waals surface area contributed by atoms with Gasteiger partial charge in [-0.15, -0.1) is 0 Å². The molecule has 2 aromatic rings. The number of ether oxygens (including phenoxy) is 2. The van der Waals surface area contributed by atoms with Crippen LogP contribution in [0.4, 0.5) is 0 Å². The summed E-state index contributed by atoms with van der Waals surface area (Å²) in [5.74, 6) is 0.351. The van der Waals surface area contributed by atoms with Gasteiger partial charge in [-0.2, -0.15) is 0 Å². The molecule has 1 aromatic heterocycles. The van der Waals surface area contributed by atoms with Crippen LogP contribution in [0.3, 0.4) is 0 Å². The summed E-state index contributed by atoms with van der Waals surface area (Å²) in [6.07, 6.45) is 1.96. The van der Waals surface area contributed by atoms with Crippen molar-refractivity contribution in [1.82, 2.24) is 14.8 Å². The number of aromatic nitrogens is 1. The molecule has 0 spiro atoms. The molecule has 2 saturated heterocycles. The van der Waals surface area contributed by atoms with Crippen LogP contribution in [0.1, 0.15) is 10.4 Å². The van der Waals surface area contributed by atoms with Crippen molar-refractivity contribution >= 4 is 16.8 Å². The van der Waals surface area contributed by atoms with E-state index < -0.39 is 0 Å². The van der Waals surface area contributed by atoms with Crippen LogP contribution in [0.15, 0.2) is 30.5 Å². The molecule has 25 heavy (non-hydrogen) atoms. The van der Waals surface area contributed by atoms with Crippen LogP contribution in [-0.4, -0.2) is 79.8 Å². The first kappa shape index (κ1) is 16.6. The number of hydrogen-bond donors (Lipinski definition) is 1. The Hall–Kier alpha value is -1.89. The number of carbonyl (C=O) groups is 1. The molecule has 6 heteroatoms. The average molecular weight is 343 g/mol. The van der Waals surface area contributed by atoms with Crippen molar-refractivity contribution < 1.29 is 14.3 Å². The summed E-state index contributed by atoms with van der Waals surface area (Å²) in [5.41, 5.74) is 1.77. The van der Waals surface area contributed by atoms with Gasteiger partial charge in [-0.3, -0.25) is 4.79 Å². The summed E-state index contributed by atoms with van der Waals surface area (Å²) in [6, 6.07) is 7.93. The topological polar surface area (TPSA) is 57.8 Å². The summed E-state index contributed by atoms with van der Waals surface area (Å²) >= 11 is 0. The van der Waals surface area contributed by atoms with Gasteiger partial charge in [0, 0.05) is 41.7 Å². The third-order valence-electron chi connectivity index (χ3n) is 5.28. The first-order valence-corrected chi connectivity index (χ1v) is 8.85. The van der Waals surface area contributed by atoms with Gasteiger partial charge in [0.2, 0.25) is 0 Å². The van der Waals surface area contributed by atoms with E-state index in [0.29, 0.717) is 26.4 Å². The van der Waals surface area contributed by atoms with Gasteiger partial charge < -0.3 is 24.3 Å². The van der Waals surface area contributed by atoms with E-state index >= 15 is 0 Å². The lowest BCUT2D eigenvalue weighted by atomic mass is 10.0. The van der Waals surface area contributed by atoms with Crippen LogP contribution < -0.4 is 0 Å². The van der Waals surface area contributed by atoms with Gasteiger partial charge in [0.25, 0.3) is 5.91 Å². The first-order valence-electron chi connectivity index (χ1n) is 8.85. The second-order valence-electron chi connectivity index (χ2n) is 7.22. The number of amides is 1. The highest BCUT2D eigenvalue weighted by Crippen LogP contribution is 2.33. The predicted octanol–water partition coefficient (Wildman–Crippen LogP) is 1.59. The fourth-order valence-corrected chi connectivity index (χ4v) is 3.85. The minimum Gasteiger partial charge on any atom is -0.379 e. The molecule has 6 nitrogen and oxygen atoms in total. The fraction of sp³-hybridized carbons (Fsp3) is 0.526. The van der Waals surface area contributed by atoms with Gasteiger partial charge >= 0.3 is 0 Å². The molecule has 1 N–H and O–H groups in total. The Balaban J connectivity index is 1.49. The van der Waals surface area contributed by atoms with E-state index in [1.54, 1.807) is 0 Å². The maximum atomic E-state index is 13.1. The molecule has 0 bridgehead atoms. The van der Waals surface area contributed by atoms with Crippen molar-refractivity contribution in [3.63, 3.8) is 0 Å². The Morgan fingerprint density at radius 3 is 3.08 bits per heavy atom. The lowest BCUT2D eigenvalue weighted by Gasteiger charge is -2.22. The standard InChI is InChI=1S/C19H25N3O3/c1-21(2)7-8-25-18-10-22(17-12-24-11-15(17)18)19(23)14-3-4-16-13(9-14)5-6-20-16/h3-6,9,15,17-18,20H,7-8,10-12H2,1-2H3/t15-,17+,18-/m1/s1. The largest absolute Gasteiger partial charge is 0.379 e. The highest BCUT2D eigenvalue weighted by molar-refractivity contribution is 5.98. The van der Waals surface area contributed by atoms with Crippen molar-refractivity contribution in [3.8, 4) is 0 Å². The number of hydrogen-bond acceptors (Lipinski definition) is 4. The number of likely N-dealkylation sites (N-methyl/N-ethyl adjacent to an activating group) is 1. The third kappa shape index (κ3) is 3.17. The lowest BCUT2D eigenvalue weighted by molar-refractivity contribution is 0.0136. The minimum atomic E-state index is 0.0624. The fourth-order valence-electron chi connectivity index (χ4n) is 3.85. The van der Waals surface area contributed by atoms with Gasteiger partial charge in [-0.25, -0.2) is 0 Å². The van der Waals surface area contributed by atoms with Crippen LogP contribution in [0.5, 0.6) is 0 Å². The van der Waals surface area contributed by atoms with E-state index in [-0.39, 0.29) is 24.0 Å². The molecule has 134 valence electrons. The molecule has 4 rings (SSSR count). The maximum Gasteiger partial charge on any atom is 0.254 e. The molecule has 0 radical (unpaired) electrons. The lowest BCUT2D eigenvalue weighted by Crippen LogP contribution is -2.38. The van der Waals surface area contributed by atoms with E-state index in [2.05, 4.69) is 9.88 Å². The van der Waals surface area contributed by atoms with Crippen LogP contribution in [0.25, 0.3) is 10.9 Å². The molecular formula is C19H25N3O3. The number of carbonyl (C=O) groups excluding carboxylic acids is 1. The summed E-state index contributed by atoms with van der Waals surface area (Å²) in [6.45, 7) is 3.50. The van der Waals surface area contributed by atoms with Gasteiger partial charge in [-0.05, 0) is 38.4 Å². The second kappa shape index (κ2) is 6.78. The molecule has 1 amide bonds. The predicted molar refractivity (Wildman–Crippen MR) is 95.7 cm³/mol. The van der Waals surface area contributed by atoms with Gasteiger partial charge in [-0.1, -0.05) is 0 Å². The number of nitrogens with one attached hydrogen (secondary N) is 1. The molecular weight excluding hydrogens is 318 g/mol. The Morgan fingerprint density at radius 1 is 1.36 bits per heavy atom. The third-order valence-corrected chi connectivity index (χ3v) is 5.28. The van der Waals surface area contributed by atoms with Gasteiger partial charge in [0.05, 0.1) is 32.0 Å². The average Bonchev–Trinajstić information content (AvgIpc) is 3.30. The first-order chi connectivity index (χ1) is 12.1. The quantitative estimate of drug-likeness (QED) is 0.896. The maximum absolute atomic E-state index is 13.1. The molecule has 3 atom stereocenters. The summed E-state index contributed by atoms with van der Waals surface area (Å²) < 4.78 is 11.7. The number of aromatic amines is 1. The zero-order valence-corrected chi connectivity index (χ0v) is 14.8. The molecule has 3 heterocycles. The molecule has 2 aliphatic heterocycles. The number of rotatable bonds is 5. The zero-order valence-electron chi connectivity index (χ0n) is 14.8. The normalized spacial score (nSPS) is 25.9. The Morgan fingerprint density at radius 2 is 2.24 bits per heavy atom. The molecule has 2 fully saturated rings. The van der Waals surface area contributed by atoms with E-state index in [0.717, 1.165) is 23.0 Å². The monoisotopic (exact) mass is 343 g/mol. The summed E-state index contributed by atoms with van der Waals surface area (Å²) in [4.78, 5) is 20.3. The zero-order chi connectivity index (χ0) is 17.4. The van der Waals surface area contributed by atoms with Crippen molar-refractivity contribution in [3.05, 3.63) is 36.0 Å². The van der Waals surface area contributed by atoms with Gasteiger partial charge in [0.1, 0.15) is 0 Å². The number of H-pyrrole nitrogens is 1. The summed E-state index contributed by atoms with van der Waals surface area (Å²) in [5, 5.41) is 1.06. The Bertz CT molecular complexity index is 757. The smallest absolute Gasteiger partial charge is 0.254 e. The van der Waals surface area contributed by atoms with Crippen molar-refractivity contribution in [1.29, 1.82) is 0 Å². The number of fused-ring (bicyclic) bond motifs is 2. The minimum absolute atomic E-state index is 0.0624. The number of nitrogens with zero attached hydrogens (tertiary/aromatic N) is 2. The molecule has 0 unspecified atom stereocenters. The Kier molecular flexibility index (Phi) is 4.50. The van der Waals surface area contributed by atoms with Crippen molar-refractivity contribution in [2.75, 3.05) is 47.0 Å². The Labute approximate surface area is 147 Å². The molecule has 2 aliphatic rings. The van der Waals surface area contributed by atoms with Gasteiger partial charge in [0.15, 0.2) is 0 Å².